The SMILES string of the molecule is CCCCCCCCCCCCCCC=CP(=O)(OCC)OCC. The molecule has 0 N–H and O–H groups in total. The van der Waals surface area contributed by atoms with E-state index in [0.717, 1.165) is 12.8 Å². The van der Waals surface area contributed by atoms with Gasteiger partial charge in [0.1, 0.15) is 0 Å². The van der Waals surface area contributed by atoms with E-state index < -0.39 is 7.60 Å². The van der Waals surface area contributed by atoms with Gasteiger partial charge in [0.05, 0.1) is 13.2 Å². The van der Waals surface area contributed by atoms with Crippen LogP contribution in [-0.4, -0.2) is 13.2 Å². The van der Waals surface area contributed by atoms with Crippen molar-refractivity contribution in [2.75, 3.05) is 13.2 Å². The second kappa shape index (κ2) is 17.7. The quantitative estimate of drug-likeness (QED) is 0.184. The molecule has 0 rings (SSSR count). The zero-order valence-electron chi connectivity index (χ0n) is 16.4. The molecule has 0 atom stereocenters. The maximum atomic E-state index is 12.2. The third-order valence-corrected chi connectivity index (χ3v) is 5.94. The van der Waals surface area contributed by atoms with Gasteiger partial charge in [0.15, 0.2) is 0 Å². The summed E-state index contributed by atoms with van der Waals surface area (Å²) in [6.45, 7) is 6.78. The minimum Gasteiger partial charge on any atom is -0.306 e. The molecule has 0 aliphatic carbocycles. The molecule has 0 aliphatic heterocycles. The molecule has 0 spiro atoms. The van der Waals surface area contributed by atoms with Gasteiger partial charge >= 0.3 is 7.60 Å². The van der Waals surface area contributed by atoms with Crippen LogP contribution in [-0.2, 0) is 13.6 Å². The maximum Gasteiger partial charge on any atom is 0.353 e. The Hall–Kier alpha value is -0.110. The fraction of sp³-hybridized carbons (Fsp3) is 0.900. The van der Waals surface area contributed by atoms with Crippen molar-refractivity contribution in [3.8, 4) is 0 Å². The molecule has 0 aromatic carbocycles. The predicted molar refractivity (Wildman–Crippen MR) is 106 cm³/mol. The Morgan fingerprint density at radius 1 is 0.667 bits per heavy atom. The standard InChI is InChI=1S/C20H41O3P/c1-4-7-8-9-10-11-12-13-14-15-16-17-18-19-20-24(21,22-5-2)23-6-3/h19-20H,4-18H2,1-3H3. The van der Waals surface area contributed by atoms with Crippen LogP contribution in [0.15, 0.2) is 11.9 Å². The molecular weight excluding hydrogens is 319 g/mol. The first kappa shape index (κ1) is 23.9. The molecule has 4 heteroatoms. The summed E-state index contributed by atoms with van der Waals surface area (Å²) >= 11 is 0. The second-order valence-electron chi connectivity index (χ2n) is 6.44. The summed E-state index contributed by atoms with van der Waals surface area (Å²) in [6, 6.07) is 0. The van der Waals surface area contributed by atoms with Crippen LogP contribution in [0.3, 0.4) is 0 Å². The number of rotatable bonds is 18. The molecule has 0 radical (unpaired) electrons. The minimum atomic E-state index is -2.98. The van der Waals surface area contributed by atoms with Crippen molar-refractivity contribution < 1.29 is 13.6 Å². The van der Waals surface area contributed by atoms with Crippen LogP contribution in [0.2, 0.25) is 0 Å². The number of hydrogen-bond donors (Lipinski definition) is 0. The van der Waals surface area contributed by atoms with Crippen molar-refractivity contribution in [2.24, 2.45) is 0 Å². The lowest BCUT2D eigenvalue weighted by atomic mass is 10.0. The number of hydrogen-bond acceptors (Lipinski definition) is 3. The Bertz CT molecular complexity index is 319. The molecule has 3 nitrogen and oxygen atoms in total. The van der Waals surface area contributed by atoms with Crippen LogP contribution in [0.25, 0.3) is 0 Å². The molecule has 24 heavy (non-hydrogen) atoms. The van der Waals surface area contributed by atoms with Crippen molar-refractivity contribution in [3.63, 3.8) is 0 Å². The van der Waals surface area contributed by atoms with Gasteiger partial charge in [-0.05, 0) is 26.7 Å². The maximum absolute atomic E-state index is 12.2. The zero-order chi connectivity index (χ0) is 17.9. The second-order valence-corrected chi connectivity index (χ2v) is 8.33. The fourth-order valence-electron chi connectivity index (χ4n) is 2.79. The van der Waals surface area contributed by atoms with E-state index in [1.54, 1.807) is 5.82 Å². The zero-order valence-corrected chi connectivity index (χ0v) is 17.3. The van der Waals surface area contributed by atoms with Gasteiger partial charge in [-0.3, -0.25) is 4.57 Å². The first-order chi connectivity index (χ1) is 11.7. The highest BCUT2D eigenvalue weighted by Gasteiger charge is 2.18. The monoisotopic (exact) mass is 360 g/mol. The first-order valence-corrected chi connectivity index (χ1v) is 11.9. The molecule has 144 valence electrons. The van der Waals surface area contributed by atoms with E-state index in [2.05, 4.69) is 6.92 Å². The van der Waals surface area contributed by atoms with E-state index >= 15 is 0 Å². The molecule has 0 saturated heterocycles. The lowest BCUT2D eigenvalue weighted by molar-refractivity contribution is 0.229. The van der Waals surface area contributed by atoms with Gasteiger partial charge in [0.2, 0.25) is 0 Å². The lowest BCUT2D eigenvalue weighted by Crippen LogP contribution is -1.92. The van der Waals surface area contributed by atoms with Gasteiger partial charge < -0.3 is 9.05 Å². The topological polar surface area (TPSA) is 35.5 Å². The molecule has 0 unspecified atom stereocenters. The van der Waals surface area contributed by atoms with Crippen LogP contribution in [0.5, 0.6) is 0 Å². The molecule has 0 bridgehead atoms. The summed E-state index contributed by atoms with van der Waals surface area (Å²) in [5.41, 5.74) is 0. The molecule has 0 aromatic heterocycles. The molecule has 0 aromatic rings. The van der Waals surface area contributed by atoms with Crippen LogP contribution in [0, 0.1) is 0 Å². The molecular formula is C20H41O3P. The minimum absolute atomic E-state index is 0.417. The van der Waals surface area contributed by atoms with Crippen LogP contribution < -0.4 is 0 Å². The summed E-state index contributed by atoms with van der Waals surface area (Å²) in [5.74, 6) is 1.64. The predicted octanol–water partition coefficient (Wildman–Crippen LogP) is 7.86. The van der Waals surface area contributed by atoms with E-state index in [1.807, 2.05) is 19.9 Å². The highest BCUT2D eigenvalue weighted by Crippen LogP contribution is 2.49. The fourth-order valence-corrected chi connectivity index (χ4v) is 4.16. The normalized spacial score (nSPS) is 12.3. The summed E-state index contributed by atoms with van der Waals surface area (Å²) in [6.07, 6.45) is 19.2. The van der Waals surface area contributed by atoms with Crippen LogP contribution >= 0.6 is 7.60 Å². The Morgan fingerprint density at radius 3 is 1.50 bits per heavy atom. The molecule has 0 saturated carbocycles. The molecule has 0 fully saturated rings. The van der Waals surface area contributed by atoms with Gasteiger partial charge in [-0.15, -0.1) is 0 Å². The van der Waals surface area contributed by atoms with E-state index in [-0.39, 0.29) is 0 Å². The summed E-state index contributed by atoms with van der Waals surface area (Å²) < 4.78 is 22.7. The average molecular weight is 361 g/mol. The van der Waals surface area contributed by atoms with E-state index in [9.17, 15) is 4.57 Å². The average Bonchev–Trinajstić information content (AvgIpc) is 2.55. The number of allylic oxidation sites excluding steroid dienone is 1. The Labute approximate surface area is 151 Å². The van der Waals surface area contributed by atoms with E-state index in [1.165, 1.54) is 70.6 Å². The van der Waals surface area contributed by atoms with Gasteiger partial charge in [-0.25, -0.2) is 0 Å². The first-order valence-electron chi connectivity index (χ1n) is 10.2. The Balaban J connectivity index is 3.44. The summed E-state index contributed by atoms with van der Waals surface area (Å²) in [4.78, 5) is 0. The molecule has 0 aliphatic rings. The highest BCUT2D eigenvalue weighted by molar-refractivity contribution is 7.57. The Kier molecular flexibility index (Phi) is 17.6. The van der Waals surface area contributed by atoms with Gasteiger partial charge in [0.25, 0.3) is 0 Å². The molecule has 0 heterocycles. The van der Waals surface area contributed by atoms with Crippen molar-refractivity contribution in [1.29, 1.82) is 0 Å². The summed E-state index contributed by atoms with van der Waals surface area (Å²) in [5, 5.41) is 0. The van der Waals surface area contributed by atoms with Crippen molar-refractivity contribution >= 4 is 7.60 Å². The third kappa shape index (κ3) is 15.4. The third-order valence-electron chi connectivity index (χ3n) is 4.13. The van der Waals surface area contributed by atoms with Gasteiger partial charge in [-0.1, -0.05) is 83.6 Å². The smallest absolute Gasteiger partial charge is 0.306 e. The van der Waals surface area contributed by atoms with Crippen molar-refractivity contribution in [1.82, 2.24) is 0 Å². The Morgan fingerprint density at radius 2 is 1.08 bits per heavy atom. The van der Waals surface area contributed by atoms with E-state index in [0.29, 0.717) is 13.2 Å². The largest absolute Gasteiger partial charge is 0.353 e. The van der Waals surface area contributed by atoms with E-state index in [4.69, 9.17) is 9.05 Å². The van der Waals surface area contributed by atoms with Crippen molar-refractivity contribution in [2.45, 2.75) is 104 Å². The lowest BCUT2D eigenvalue weighted by Gasteiger charge is -2.12. The van der Waals surface area contributed by atoms with Crippen LogP contribution in [0.4, 0.5) is 0 Å². The van der Waals surface area contributed by atoms with Crippen molar-refractivity contribution in [3.05, 3.63) is 11.9 Å². The highest BCUT2D eigenvalue weighted by atomic mass is 31.2. The number of unbranched alkanes of at least 4 members (excludes halogenated alkanes) is 12. The van der Waals surface area contributed by atoms with Crippen LogP contribution in [0.1, 0.15) is 104 Å². The van der Waals surface area contributed by atoms with Gasteiger partial charge in [0, 0.05) is 5.82 Å². The molecule has 0 amide bonds. The summed E-state index contributed by atoms with van der Waals surface area (Å²) in [7, 11) is -2.98. The van der Waals surface area contributed by atoms with Gasteiger partial charge in [-0.2, -0.15) is 0 Å².